The molecule has 0 aliphatic carbocycles. The number of hydrogen-bond donors (Lipinski definition) is 2. The van der Waals surface area contributed by atoms with Crippen molar-refractivity contribution in [1.82, 2.24) is 69.0 Å². The second-order valence-electron chi connectivity index (χ2n) is 36.9. The number of carbonyl (C=O) groups is 16. The Bertz CT molecular complexity index is 3470. The minimum Gasteiger partial charge on any atom is -0.390 e. The van der Waals surface area contributed by atoms with E-state index < -0.39 is 141 Å². The molecule has 39 heteroatoms. The predicted molar refractivity (Wildman–Crippen MR) is 503 cm³/mol. The number of unbranched alkanes of at least 4 members (excludes halogenated alkanes) is 2. The number of ketones is 1. The number of imide groups is 1. The minimum atomic E-state index is -0.797. The SMILES string of the molecule is COCCN(CC(C)=O)C(=O)CN(CCC(C)C)C(=O)CN(CCOC)C(=O)CN(CCC(C)C)C(=O)CN(CCOC)C(=O)CN(CCC(C)C)C(=O)CN(CCOC)C(=O)CN(CCC(C)C)C(=O)CN(CCOC)C(=O)CN(CCC(C)C)C(=O)CN(CCOC)C(=O)CN(CCC(C)C)C(=O)CCCCCNC(=O)CCN1C(=O)CC(SCC(O)COCC(C)C)C1=O. The van der Waals surface area contributed by atoms with E-state index in [1.54, 1.807) is 0 Å². The first-order valence-corrected chi connectivity index (χ1v) is 48.3. The van der Waals surface area contributed by atoms with Gasteiger partial charge in [-0.2, -0.15) is 0 Å². The van der Waals surface area contributed by atoms with Crippen LogP contribution in [0, 0.1) is 41.4 Å². The van der Waals surface area contributed by atoms with Crippen LogP contribution in [0.25, 0.3) is 0 Å². The fraction of sp³-hybridized carbons (Fsp3) is 0.828. The molecule has 1 aliphatic heterocycles. The lowest BCUT2D eigenvalue weighted by molar-refractivity contribution is -0.150. The van der Waals surface area contributed by atoms with Crippen molar-refractivity contribution in [2.24, 2.45) is 41.4 Å². The fourth-order valence-corrected chi connectivity index (χ4v) is 14.4. The van der Waals surface area contributed by atoms with E-state index >= 15 is 0 Å². The van der Waals surface area contributed by atoms with Crippen molar-refractivity contribution in [2.75, 3.05) is 271 Å². The van der Waals surface area contributed by atoms with Gasteiger partial charge in [-0.3, -0.25) is 81.6 Å². The number of carbonyl (C=O) groups excluding carboxylic acids is 16. The lowest BCUT2D eigenvalue weighted by Crippen LogP contribution is -2.54. The van der Waals surface area contributed by atoms with Crippen LogP contribution in [0.5, 0.6) is 0 Å². The van der Waals surface area contributed by atoms with E-state index in [2.05, 4.69) is 5.32 Å². The van der Waals surface area contributed by atoms with Crippen LogP contribution in [-0.4, -0.2) is 446 Å². The van der Waals surface area contributed by atoms with Crippen molar-refractivity contribution >= 4 is 106 Å². The molecule has 132 heavy (non-hydrogen) atoms. The number of thioether (sulfide) groups is 1. The monoisotopic (exact) mass is 1900 g/mol. The molecular formula is C93H168N14O24S. The molecule has 1 fully saturated rings. The molecule has 0 aromatic heterocycles. The van der Waals surface area contributed by atoms with Gasteiger partial charge in [0.25, 0.3) is 0 Å². The van der Waals surface area contributed by atoms with Gasteiger partial charge >= 0.3 is 0 Å². The van der Waals surface area contributed by atoms with Gasteiger partial charge in [-0.1, -0.05) is 103 Å². The summed E-state index contributed by atoms with van der Waals surface area (Å²) in [5.41, 5.74) is 0. The van der Waals surface area contributed by atoms with Crippen LogP contribution in [0.3, 0.4) is 0 Å². The van der Waals surface area contributed by atoms with Crippen molar-refractivity contribution in [1.29, 1.82) is 0 Å². The number of nitrogens with zero attached hydrogens (tertiary/aromatic N) is 13. The van der Waals surface area contributed by atoms with E-state index in [1.807, 2.05) is 96.9 Å². The normalized spacial score (nSPS) is 12.9. The van der Waals surface area contributed by atoms with Crippen LogP contribution in [0.1, 0.15) is 181 Å². The largest absolute Gasteiger partial charge is 0.390 e. The average molecular weight is 1900 g/mol. The maximum absolute atomic E-state index is 14.9. The van der Waals surface area contributed by atoms with E-state index in [1.165, 1.54) is 120 Å². The average Bonchev–Trinajstić information content (AvgIpc) is 1.69. The summed E-state index contributed by atoms with van der Waals surface area (Å²) in [7, 11) is 8.62. The molecule has 15 amide bonds. The Kier molecular flexibility index (Phi) is 64.4. The highest BCUT2D eigenvalue weighted by Crippen LogP contribution is 2.27. The molecule has 0 aromatic carbocycles. The first-order chi connectivity index (χ1) is 62.4. The molecule has 0 saturated carbocycles. The Morgan fingerprint density at radius 2 is 0.591 bits per heavy atom. The van der Waals surface area contributed by atoms with E-state index in [0.717, 1.165) is 4.90 Å². The smallest absolute Gasteiger partial charge is 0.242 e. The van der Waals surface area contributed by atoms with Gasteiger partial charge in [-0.25, -0.2) is 0 Å². The quantitative estimate of drug-likeness (QED) is 0.0648. The molecule has 1 rings (SSSR count). The highest BCUT2D eigenvalue weighted by molar-refractivity contribution is 8.00. The molecule has 2 N–H and O–H groups in total. The highest BCUT2D eigenvalue weighted by Gasteiger charge is 2.40. The molecule has 0 spiro atoms. The molecule has 1 aliphatic rings. The van der Waals surface area contributed by atoms with Crippen LogP contribution < -0.4 is 5.32 Å². The van der Waals surface area contributed by atoms with Crippen LogP contribution in [0.2, 0.25) is 0 Å². The second-order valence-corrected chi connectivity index (χ2v) is 38.2. The molecule has 0 bridgehead atoms. The molecule has 38 nitrogen and oxygen atoms in total. The molecule has 2 unspecified atom stereocenters. The number of rotatable bonds is 76. The predicted octanol–water partition coefficient (Wildman–Crippen LogP) is 3.63. The number of hydrogen-bond acceptors (Lipinski definition) is 25. The van der Waals surface area contributed by atoms with Gasteiger partial charge < -0.3 is 102 Å². The minimum absolute atomic E-state index is 0.0170. The standard InChI is InChI=1S/C93H168N14O24S/c1-69(2)26-34-95(80(111)25-23-22-24-33-94-79(110)32-40-107-81(112)53-78(93(107)124)132-68-77(109)67-131-66-75(13)14)55-88(119)102(42-48-126-17)61-83(114)97(36-28-71(5)6)57-90(121)104(44-50-128-19)63-85(116)99(38-30-73(9)10)59-92(123)106(46-52-130-21)65-86(117)100(39-31-74(11)12)60-91(122)105(45-51-129-20)64-84(115)98(37-29-72(7)8)58-89(120)103(43-49-127-18)62-82(113)96(35-27-70(3)4)56-87(118)101(41-47-125-16)54-76(15)108/h69-75,77-78,109H,22-68H2,1-21H3,(H,94,110). The lowest BCUT2D eigenvalue weighted by Gasteiger charge is -2.33. The third-order valence-corrected chi connectivity index (χ3v) is 23.2. The van der Waals surface area contributed by atoms with Crippen LogP contribution in [-0.2, 0) is 110 Å². The Morgan fingerprint density at radius 1 is 0.341 bits per heavy atom. The number of nitrogens with one attached hydrogen (secondary N) is 1. The molecule has 1 saturated heterocycles. The van der Waals surface area contributed by atoms with Gasteiger partial charge in [0, 0.05) is 166 Å². The molecule has 0 aromatic rings. The topological polar surface area (TPSA) is 412 Å². The lowest BCUT2D eigenvalue weighted by atomic mass is 10.1. The number of aliphatic hydroxyl groups is 1. The number of methoxy groups -OCH3 is 6. The third kappa shape index (κ3) is 53.3. The number of likely N-dealkylation sites (tertiary alicyclic amines) is 1. The summed E-state index contributed by atoms with van der Waals surface area (Å²) in [4.78, 5) is 243. The zero-order valence-corrected chi connectivity index (χ0v) is 84.8. The molecule has 1 heterocycles. The fourth-order valence-electron chi connectivity index (χ4n) is 13.4. The Hall–Kier alpha value is -8.05. The van der Waals surface area contributed by atoms with Gasteiger partial charge in [-0.15, -0.1) is 11.8 Å². The number of ether oxygens (including phenoxy) is 7. The molecule has 0 radical (unpaired) electrons. The van der Waals surface area contributed by atoms with Crippen molar-refractivity contribution in [3.05, 3.63) is 0 Å². The zero-order chi connectivity index (χ0) is 99.5. The summed E-state index contributed by atoms with van der Waals surface area (Å²) in [5, 5.41) is 12.5. The van der Waals surface area contributed by atoms with Gasteiger partial charge in [0.05, 0.1) is 136 Å². The molecule has 2 atom stereocenters. The maximum atomic E-state index is 14.9. The number of amides is 15. The van der Waals surface area contributed by atoms with E-state index in [-0.39, 0.29) is 242 Å². The Labute approximate surface area is 791 Å². The van der Waals surface area contributed by atoms with Gasteiger partial charge in [-0.05, 0) is 99.7 Å². The third-order valence-electron chi connectivity index (χ3n) is 21.9. The van der Waals surface area contributed by atoms with Gasteiger partial charge in [0.15, 0.2) is 0 Å². The van der Waals surface area contributed by atoms with Crippen LogP contribution in [0.15, 0.2) is 0 Å². The summed E-state index contributed by atoms with van der Waals surface area (Å²) < 4.78 is 37.8. The van der Waals surface area contributed by atoms with Crippen molar-refractivity contribution < 1.29 is 115 Å². The number of Topliss-reactive ketones (excluding diaryl/α,β-unsaturated/α-hetero) is 1. The van der Waals surface area contributed by atoms with Crippen LogP contribution >= 0.6 is 11.8 Å². The molecular weight excluding hydrogens is 1730 g/mol. The summed E-state index contributed by atoms with van der Waals surface area (Å²) in [6, 6.07) is 0. The summed E-state index contributed by atoms with van der Waals surface area (Å²) in [5.74, 6) is -7.24. The first-order valence-electron chi connectivity index (χ1n) is 47.2. The second kappa shape index (κ2) is 69.7. The summed E-state index contributed by atoms with van der Waals surface area (Å²) in [6.07, 6.45) is 3.53. The van der Waals surface area contributed by atoms with E-state index in [0.29, 0.717) is 70.3 Å². The van der Waals surface area contributed by atoms with Crippen molar-refractivity contribution in [3.63, 3.8) is 0 Å². The zero-order valence-electron chi connectivity index (χ0n) is 84.0. The number of aliphatic hydroxyl groups excluding tert-OH is 1. The molecule has 760 valence electrons. The van der Waals surface area contributed by atoms with Crippen molar-refractivity contribution in [3.8, 4) is 0 Å². The van der Waals surface area contributed by atoms with Crippen molar-refractivity contribution in [2.45, 2.75) is 192 Å². The Morgan fingerprint density at radius 3 is 0.833 bits per heavy atom. The van der Waals surface area contributed by atoms with Gasteiger partial charge in [0.2, 0.25) is 88.6 Å². The Balaban J connectivity index is 3.56. The first kappa shape index (κ1) is 122. The summed E-state index contributed by atoms with van der Waals surface area (Å²) in [6.45, 7) is 24.5. The van der Waals surface area contributed by atoms with Crippen LogP contribution in [0.4, 0.5) is 0 Å². The summed E-state index contributed by atoms with van der Waals surface area (Å²) >= 11 is 1.19. The van der Waals surface area contributed by atoms with E-state index in [4.69, 9.17) is 33.2 Å². The highest BCUT2D eigenvalue weighted by atomic mass is 32.2. The maximum Gasteiger partial charge on any atom is 0.242 e. The van der Waals surface area contributed by atoms with Gasteiger partial charge in [0.1, 0.15) is 5.78 Å². The van der Waals surface area contributed by atoms with E-state index in [9.17, 15) is 81.8 Å².